The molecule has 0 radical (unpaired) electrons. The number of pyridine rings is 1. The number of aliphatic hydroxyl groups excluding tert-OH is 1. The van der Waals surface area contributed by atoms with E-state index in [2.05, 4.69) is 17.2 Å². The van der Waals surface area contributed by atoms with Gasteiger partial charge in [0.05, 0.1) is 36.9 Å². The Hall–Kier alpha value is -2.66. The fourth-order valence-corrected chi connectivity index (χ4v) is 3.12. The van der Waals surface area contributed by atoms with Crippen molar-refractivity contribution in [1.82, 2.24) is 4.98 Å². The molecule has 0 spiro atoms. The molecule has 3 unspecified atom stereocenters. The second kappa shape index (κ2) is 13.9. The van der Waals surface area contributed by atoms with Gasteiger partial charge in [0.25, 0.3) is 5.91 Å². The van der Waals surface area contributed by atoms with Crippen molar-refractivity contribution < 1.29 is 37.6 Å². The van der Waals surface area contributed by atoms with E-state index in [4.69, 9.17) is 18.9 Å². The Morgan fingerprint density at radius 3 is 2.56 bits per heavy atom. The zero-order chi connectivity index (χ0) is 25.1. The van der Waals surface area contributed by atoms with Crippen molar-refractivity contribution in [1.29, 1.82) is 0 Å². The van der Waals surface area contributed by atoms with E-state index in [1.54, 1.807) is 12.1 Å². The van der Waals surface area contributed by atoms with Crippen molar-refractivity contribution in [2.75, 3.05) is 39.4 Å². The third-order valence-electron chi connectivity index (χ3n) is 5.24. The van der Waals surface area contributed by atoms with Crippen LogP contribution in [0.15, 0.2) is 36.5 Å². The number of nitrogens with one attached hydrogen (secondary N) is 1. The van der Waals surface area contributed by atoms with Crippen molar-refractivity contribution in [3.05, 3.63) is 53.9 Å². The second-order valence-electron chi connectivity index (χ2n) is 7.87. The van der Waals surface area contributed by atoms with Crippen LogP contribution in [0.3, 0.4) is 0 Å². The number of carbonyl (C=O) groups excluding carboxylic acids is 1. The van der Waals surface area contributed by atoms with E-state index in [1.807, 2.05) is 6.92 Å². The summed E-state index contributed by atoms with van der Waals surface area (Å²) < 4.78 is 45.6. The van der Waals surface area contributed by atoms with Gasteiger partial charge in [-0.2, -0.15) is 4.39 Å². The molecule has 1 aromatic heterocycles. The molecule has 0 aliphatic carbocycles. The first-order valence-electron chi connectivity index (χ1n) is 10.9. The molecule has 1 saturated heterocycles. The molecule has 8 nitrogen and oxygen atoms in total. The minimum Gasteiger partial charge on any atom is -0.488 e. The summed E-state index contributed by atoms with van der Waals surface area (Å²) in [5.41, 5.74) is 1.10. The smallest absolute Gasteiger partial charge is 0.253 e. The van der Waals surface area contributed by atoms with Crippen molar-refractivity contribution >= 4 is 11.6 Å². The number of aromatic nitrogens is 1. The first-order chi connectivity index (χ1) is 16.3. The van der Waals surface area contributed by atoms with E-state index < -0.39 is 23.8 Å². The summed E-state index contributed by atoms with van der Waals surface area (Å²) in [6.07, 6.45) is 1.18. The number of methoxy groups -OCH3 is 2. The lowest BCUT2D eigenvalue weighted by Crippen LogP contribution is -2.27. The highest BCUT2D eigenvalue weighted by molar-refractivity contribution is 5.94. The number of amides is 1. The number of rotatable bonds is 9. The van der Waals surface area contributed by atoms with Gasteiger partial charge >= 0.3 is 0 Å². The number of benzene rings is 1. The maximum absolute atomic E-state index is 12.9. The van der Waals surface area contributed by atoms with Gasteiger partial charge in [0.2, 0.25) is 5.82 Å². The van der Waals surface area contributed by atoms with Gasteiger partial charge in [0.1, 0.15) is 18.8 Å². The third-order valence-corrected chi connectivity index (χ3v) is 5.24. The Morgan fingerprint density at radius 2 is 1.97 bits per heavy atom. The molecule has 1 aliphatic heterocycles. The number of anilines is 1. The van der Waals surface area contributed by atoms with Crippen molar-refractivity contribution in [3.8, 4) is 5.75 Å². The molecule has 4 atom stereocenters. The maximum atomic E-state index is 12.9. The quantitative estimate of drug-likeness (QED) is 0.528. The number of carbonyl (C=O) groups is 1. The highest BCUT2D eigenvalue weighted by atomic mass is 19.2. The summed E-state index contributed by atoms with van der Waals surface area (Å²) in [6.45, 7) is 4.79. The average Bonchev–Trinajstić information content (AvgIpc) is 3.16. The number of aliphatic hydroxyl groups is 1. The van der Waals surface area contributed by atoms with Crippen LogP contribution in [0.5, 0.6) is 5.75 Å². The van der Waals surface area contributed by atoms with Crippen LogP contribution in [0.4, 0.5) is 14.5 Å². The van der Waals surface area contributed by atoms with Crippen molar-refractivity contribution in [2.24, 2.45) is 5.92 Å². The Kier molecular flexibility index (Phi) is 11.3. The van der Waals surface area contributed by atoms with E-state index in [1.165, 1.54) is 32.5 Å². The summed E-state index contributed by atoms with van der Waals surface area (Å²) >= 11 is 0. The first-order valence-corrected chi connectivity index (χ1v) is 10.9. The van der Waals surface area contributed by atoms with Crippen LogP contribution in [0, 0.1) is 17.6 Å². The summed E-state index contributed by atoms with van der Waals surface area (Å²) in [6, 6.07) is 7.17. The molecule has 2 N–H and O–H groups in total. The third kappa shape index (κ3) is 8.28. The van der Waals surface area contributed by atoms with Gasteiger partial charge in [-0.05, 0) is 43.5 Å². The Morgan fingerprint density at radius 1 is 1.21 bits per heavy atom. The lowest BCUT2D eigenvalue weighted by atomic mass is 10.0. The van der Waals surface area contributed by atoms with E-state index in [0.29, 0.717) is 23.9 Å². The van der Waals surface area contributed by atoms with Gasteiger partial charge in [-0.1, -0.05) is 13.0 Å². The van der Waals surface area contributed by atoms with E-state index in [0.717, 1.165) is 12.5 Å². The van der Waals surface area contributed by atoms with Crippen molar-refractivity contribution in [3.63, 3.8) is 0 Å². The molecule has 1 aromatic carbocycles. The highest BCUT2D eigenvalue weighted by Gasteiger charge is 2.33. The normalized spacial score (nSPS) is 20.3. The van der Waals surface area contributed by atoms with Gasteiger partial charge in [-0.15, -0.1) is 0 Å². The molecule has 3 rings (SSSR count). The summed E-state index contributed by atoms with van der Waals surface area (Å²) in [7, 11) is 3.02. The summed E-state index contributed by atoms with van der Waals surface area (Å²) in [5.74, 6) is -1.73. The summed E-state index contributed by atoms with van der Waals surface area (Å²) in [4.78, 5) is 16.2. The molecule has 2 heterocycles. The van der Waals surface area contributed by atoms with E-state index >= 15 is 0 Å². The minimum absolute atomic E-state index is 0.0861. The maximum Gasteiger partial charge on any atom is 0.253 e. The molecule has 10 heteroatoms. The van der Waals surface area contributed by atoms with Gasteiger partial charge in [0.15, 0.2) is 11.6 Å². The van der Waals surface area contributed by atoms with E-state index in [9.17, 15) is 18.7 Å². The highest BCUT2D eigenvalue weighted by Crippen LogP contribution is 2.26. The average molecular weight is 483 g/mol. The standard InChI is InChI=1S/C15H22N2O4.C9H10F2O2/c1-9-6-14(21-10(9)2)15(19)17-11-4-5-12(16-7-11)13(18)8-20-3;1-12-5-6-13-8-4-2-3-7(10)9(8)11/h4-5,7,9-10,13-14,18H,6,8H2,1-3H3,(H,17,19);2-4H,5-6H2,1H3/t9-,10?,13?,14?;/m0./s1. The van der Waals surface area contributed by atoms with Crippen LogP contribution in [0.25, 0.3) is 0 Å². The number of halogens is 2. The molecule has 188 valence electrons. The number of nitrogens with zero attached hydrogens (tertiary/aromatic N) is 1. The zero-order valence-corrected chi connectivity index (χ0v) is 19.8. The Bertz CT molecular complexity index is 890. The first kappa shape index (κ1) is 27.6. The van der Waals surface area contributed by atoms with Crippen LogP contribution in [0.1, 0.15) is 32.1 Å². The fraction of sp³-hybridized carbons (Fsp3) is 0.500. The Labute approximate surface area is 198 Å². The SMILES string of the molecule is COCC(O)c1ccc(NC(=O)C2C[C@H](C)C(C)O2)cn1.COCCOc1cccc(F)c1F. The molecular formula is C24H32F2N2O6. The largest absolute Gasteiger partial charge is 0.488 e. The lowest BCUT2D eigenvalue weighted by molar-refractivity contribution is -0.126. The molecule has 0 bridgehead atoms. The molecule has 1 amide bonds. The van der Waals surface area contributed by atoms with Gasteiger partial charge in [0, 0.05) is 14.2 Å². The fourth-order valence-electron chi connectivity index (χ4n) is 3.12. The van der Waals surface area contributed by atoms with Crippen molar-refractivity contribution in [2.45, 2.75) is 38.6 Å². The zero-order valence-electron chi connectivity index (χ0n) is 19.8. The molecule has 1 fully saturated rings. The van der Waals surface area contributed by atoms with Gasteiger partial charge in [-0.3, -0.25) is 9.78 Å². The van der Waals surface area contributed by atoms with Crippen LogP contribution in [-0.2, 0) is 19.0 Å². The number of hydrogen-bond donors (Lipinski definition) is 2. The predicted molar refractivity (Wildman–Crippen MR) is 122 cm³/mol. The molecule has 2 aromatic rings. The second-order valence-corrected chi connectivity index (χ2v) is 7.87. The van der Waals surface area contributed by atoms with Crippen LogP contribution in [0.2, 0.25) is 0 Å². The Balaban J connectivity index is 0.000000270. The predicted octanol–water partition coefficient (Wildman–Crippen LogP) is 3.50. The van der Waals surface area contributed by atoms with Crippen LogP contribution in [-0.4, -0.2) is 62.2 Å². The number of hydrogen-bond acceptors (Lipinski definition) is 7. The van der Waals surface area contributed by atoms with Crippen LogP contribution < -0.4 is 10.1 Å². The monoisotopic (exact) mass is 482 g/mol. The molecule has 0 saturated carbocycles. The molecular weight excluding hydrogens is 450 g/mol. The van der Waals surface area contributed by atoms with Gasteiger partial charge in [-0.25, -0.2) is 4.39 Å². The lowest BCUT2D eigenvalue weighted by Gasteiger charge is -2.13. The molecule has 34 heavy (non-hydrogen) atoms. The number of ether oxygens (including phenoxy) is 4. The minimum atomic E-state index is -0.960. The van der Waals surface area contributed by atoms with Gasteiger partial charge < -0.3 is 29.4 Å². The molecule has 1 aliphatic rings. The van der Waals surface area contributed by atoms with E-state index in [-0.39, 0.29) is 31.0 Å². The topological polar surface area (TPSA) is 99.1 Å². The summed E-state index contributed by atoms with van der Waals surface area (Å²) in [5, 5.41) is 12.5. The van der Waals surface area contributed by atoms with Crippen LogP contribution >= 0.6 is 0 Å².